The summed E-state index contributed by atoms with van der Waals surface area (Å²) < 4.78 is 5.42. The summed E-state index contributed by atoms with van der Waals surface area (Å²) in [6, 6.07) is 15.2. The van der Waals surface area contributed by atoms with E-state index in [2.05, 4.69) is 10.1 Å². The van der Waals surface area contributed by atoms with Crippen LogP contribution >= 0.6 is 11.6 Å². The Bertz CT molecular complexity index is 938. The minimum Gasteiger partial charge on any atom is -0.339 e. The molecule has 1 unspecified atom stereocenters. The zero-order chi connectivity index (χ0) is 17.4. The third kappa shape index (κ3) is 2.91. The van der Waals surface area contributed by atoms with Crippen molar-refractivity contribution in [2.45, 2.75) is 19.3 Å². The molecule has 0 spiro atoms. The SMILES string of the molecule is Cc1ccccc1N1CC(c2nc(-c3ccccc3Cl)no2)CC1=O. The highest BCUT2D eigenvalue weighted by atomic mass is 35.5. The lowest BCUT2D eigenvalue weighted by molar-refractivity contribution is -0.117. The molecule has 6 heteroatoms. The lowest BCUT2D eigenvalue weighted by Gasteiger charge is -2.18. The first kappa shape index (κ1) is 15.8. The predicted molar refractivity (Wildman–Crippen MR) is 95.6 cm³/mol. The van der Waals surface area contributed by atoms with Crippen molar-refractivity contribution in [1.82, 2.24) is 10.1 Å². The minimum atomic E-state index is -0.115. The number of amides is 1. The fourth-order valence-corrected chi connectivity index (χ4v) is 3.35. The van der Waals surface area contributed by atoms with Gasteiger partial charge in [-0.1, -0.05) is 47.1 Å². The van der Waals surface area contributed by atoms with Gasteiger partial charge in [0.25, 0.3) is 0 Å². The van der Waals surface area contributed by atoms with E-state index in [1.165, 1.54) is 0 Å². The standard InChI is InChI=1S/C19H16ClN3O2/c1-12-6-2-5-9-16(12)23-11-13(10-17(23)24)19-21-18(22-25-19)14-7-3-4-8-15(14)20/h2-9,13H,10-11H2,1H3. The Labute approximate surface area is 150 Å². The number of aromatic nitrogens is 2. The molecule has 25 heavy (non-hydrogen) atoms. The Hall–Kier alpha value is -2.66. The van der Waals surface area contributed by atoms with Gasteiger partial charge in [0, 0.05) is 24.2 Å². The highest BCUT2D eigenvalue weighted by Gasteiger charge is 2.35. The van der Waals surface area contributed by atoms with Crippen LogP contribution in [0.15, 0.2) is 53.1 Å². The van der Waals surface area contributed by atoms with Crippen LogP contribution in [-0.4, -0.2) is 22.6 Å². The molecule has 1 aliphatic heterocycles. The Morgan fingerprint density at radius 3 is 2.72 bits per heavy atom. The molecule has 1 amide bonds. The smallest absolute Gasteiger partial charge is 0.232 e. The Balaban J connectivity index is 1.59. The van der Waals surface area contributed by atoms with Crippen LogP contribution in [0, 0.1) is 6.92 Å². The summed E-state index contributed by atoms with van der Waals surface area (Å²) in [6.45, 7) is 2.53. The monoisotopic (exact) mass is 353 g/mol. The maximum absolute atomic E-state index is 12.5. The van der Waals surface area contributed by atoms with Crippen LogP contribution in [0.1, 0.15) is 23.8 Å². The number of para-hydroxylation sites is 1. The molecule has 2 aromatic carbocycles. The van der Waals surface area contributed by atoms with Crippen molar-refractivity contribution >= 4 is 23.2 Å². The summed E-state index contributed by atoms with van der Waals surface area (Å²) >= 11 is 6.19. The molecular formula is C19H16ClN3O2. The molecule has 0 aliphatic carbocycles. The largest absolute Gasteiger partial charge is 0.339 e. The normalized spacial score (nSPS) is 17.3. The zero-order valence-electron chi connectivity index (χ0n) is 13.6. The second kappa shape index (κ2) is 6.33. The van der Waals surface area contributed by atoms with E-state index in [0.717, 1.165) is 16.8 Å². The molecule has 3 aromatic rings. The van der Waals surface area contributed by atoms with Gasteiger partial charge >= 0.3 is 0 Å². The number of carbonyl (C=O) groups is 1. The van der Waals surface area contributed by atoms with Crippen molar-refractivity contribution < 1.29 is 9.32 Å². The van der Waals surface area contributed by atoms with Crippen molar-refractivity contribution in [3.05, 3.63) is 65.0 Å². The number of carbonyl (C=O) groups excluding carboxylic acids is 1. The van der Waals surface area contributed by atoms with E-state index in [0.29, 0.717) is 29.7 Å². The van der Waals surface area contributed by atoms with Gasteiger partial charge in [-0.3, -0.25) is 4.79 Å². The van der Waals surface area contributed by atoms with Crippen molar-refractivity contribution in [2.24, 2.45) is 0 Å². The van der Waals surface area contributed by atoms with Crippen molar-refractivity contribution in [2.75, 3.05) is 11.4 Å². The number of anilines is 1. The Kier molecular flexibility index (Phi) is 4.01. The molecule has 0 radical (unpaired) electrons. The molecule has 1 saturated heterocycles. The van der Waals surface area contributed by atoms with Crippen molar-refractivity contribution in [1.29, 1.82) is 0 Å². The molecule has 126 valence electrons. The highest BCUT2D eigenvalue weighted by molar-refractivity contribution is 6.33. The first-order chi connectivity index (χ1) is 12.1. The van der Waals surface area contributed by atoms with Crippen LogP contribution in [-0.2, 0) is 4.79 Å². The molecule has 0 N–H and O–H groups in total. The van der Waals surface area contributed by atoms with Gasteiger partial charge in [0.05, 0.1) is 10.9 Å². The molecular weight excluding hydrogens is 338 g/mol. The number of hydrogen-bond donors (Lipinski definition) is 0. The van der Waals surface area contributed by atoms with Gasteiger partial charge in [-0.15, -0.1) is 0 Å². The zero-order valence-corrected chi connectivity index (χ0v) is 14.4. The third-order valence-corrected chi connectivity index (χ3v) is 4.77. The van der Waals surface area contributed by atoms with E-state index in [1.807, 2.05) is 49.4 Å². The average molecular weight is 354 g/mol. The van der Waals surface area contributed by atoms with Gasteiger partial charge in [0.1, 0.15) is 0 Å². The van der Waals surface area contributed by atoms with Gasteiger partial charge in [-0.2, -0.15) is 4.98 Å². The highest BCUT2D eigenvalue weighted by Crippen LogP contribution is 2.34. The Morgan fingerprint density at radius 2 is 1.92 bits per heavy atom. The number of hydrogen-bond acceptors (Lipinski definition) is 4. The maximum Gasteiger partial charge on any atom is 0.232 e. The lowest BCUT2D eigenvalue weighted by Crippen LogP contribution is -2.25. The van der Waals surface area contributed by atoms with E-state index in [9.17, 15) is 4.79 Å². The number of benzene rings is 2. The van der Waals surface area contributed by atoms with Crippen molar-refractivity contribution in [3.8, 4) is 11.4 Å². The van der Waals surface area contributed by atoms with E-state index >= 15 is 0 Å². The van der Waals surface area contributed by atoms with Gasteiger partial charge in [0.2, 0.25) is 17.6 Å². The quantitative estimate of drug-likeness (QED) is 0.707. The predicted octanol–water partition coefficient (Wildman–Crippen LogP) is 4.22. The second-order valence-electron chi connectivity index (χ2n) is 6.13. The fraction of sp³-hybridized carbons (Fsp3) is 0.211. The van der Waals surface area contributed by atoms with Crippen LogP contribution in [0.25, 0.3) is 11.4 Å². The average Bonchev–Trinajstić information content (AvgIpc) is 3.23. The molecule has 1 aliphatic rings. The molecule has 1 aromatic heterocycles. The summed E-state index contributed by atoms with van der Waals surface area (Å²) in [7, 11) is 0. The molecule has 4 rings (SSSR count). The molecule has 1 fully saturated rings. The fourth-order valence-electron chi connectivity index (χ4n) is 3.13. The van der Waals surface area contributed by atoms with Gasteiger partial charge in [-0.05, 0) is 30.7 Å². The summed E-state index contributed by atoms with van der Waals surface area (Å²) in [6.07, 6.45) is 0.360. The van der Waals surface area contributed by atoms with Crippen LogP contribution < -0.4 is 4.90 Å². The molecule has 5 nitrogen and oxygen atoms in total. The molecule has 0 bridgehead atoms. The van der Waals surface area contributed by atoms with E-state index in [1.54, 1.807) is 11.0 Å². The number of aryl methyl sites for hydroxylation is 1. The maximum atomic E-state index is 12.5. The number of rotatable bonds is 3. The van der Waals surface area contributed by atoms with Crippen LogP contribution in [0.2, 0.25) is 5.02 Å². The Morgan fingerprint density at radius 1 is 1.16 bits per heavy atom. The van der Waals surface area contributed by atoms with E-state index < -0.39 is 0 Å². The first-order valence-corrected chi connectivity index (χ1v) is 8.46. The van der Waals surface area contributed by atoms with Gasteiger partial charge < -0.3 is 9.42 Å². The molecule has 0 saturated carbocycles. The van der Waals surface area contributed by atoms with E-state index in [4.69, 9.17) is 16.1 Å². The van der Waals surface area contributed by atoms with Crippen molar-refractivity contribution in [3.63, 3.8) is 0 Å². The lowest BCUT2D eigenvalue weighted by atomic mass is 10.1. The van der Waals surface area contributed by atoms with Crippen LogP contribution in [0.3, 0.4) is 0 Å². The first-order valence-electron chi connectivity index (χ1n) is 8.08. The summed E-state index contributed by atoms with van der Waals surface area (Å²) in [5.41, 5.74) is 2.72. The van der Waals surface area contributed by atoms with E-state index in [-0.39, 0.29) is 11.8 Å². The van der Waals surface area contributed by atoms with Gasteiger partial charge in [-0.25, -0.2) is 0 Å². The summed E-state index contributed by atoms with van der Waals surface area (Å²) in [5.74, 6) is 0.870. The minimum absolute atomic E-state index is 0.0665. The van der Waals surface area contributed by atoms with Crippen LogP contribution in [0.4, 0.5) is 5.69 Å². The molecule has 1 atom stereocenters. The topological polar surface area (TPSA) is 59.2 Å². The number of nitrogens with zero attached hydrogens (tertiary/aromatic N) is 3. The van der Waals surface area contributed by atoms with Crippen LogP contribution in [0.5, 0.6) is 0 Å². The summed E-state index contributed by atoms with van der Waals surface area (Å²) in [5, 5.41) is 4.60. The summed E-state index contributed by atoms with van der Waals surface area (Å²) in [4.78, 5) is 18.7. The molecule has 2 heterocycles. The third-order valence-electron chi connectivity index (χ3n) is 4.44. The second-order valence-corrected chi connectivity index (χ2v) is 6.54. The van der Waals surface area contributed by atoms with Gasteiger partial charge in [0.15, 0.2) is 0 Å². The number of halogens is 1.